The smallest absolute Gasteiger partial charge is 0.318 e. The van der Waals surface area contributed by atoms with Crippen LogP contribution in [0.15, 0.2) is 18.2 Å². The van der Waals surface area contributed by atoms with Gasteiger partial charge in [0.05, 0.1) is 23.3 Å². The molecular weight excluding hydrogens is 352 g/mol. The predicted octanol–water partition coefficient (Wildman–Crippen LogP) is 1.99. The Labute approximate surface area is 154 Å². The lowest BCUT2D eigenvalue weighted by atomic mass is 10.0. The molecule has 1 aliphatic heterocycles. The lowest BCUT2D eigenvalue weighted by Crippen LogP contribution is -2.51. The van der Waals surface area contributed by atoms with Crippen molar-refractivity contribution in [1.29, 1.82) is 0 Å². The first-order valence-corrected chi connectivity index (χ1v) is 10.9. The number of nitrogens with zero attached hydrogens (tertiary/aromatic N) is 3. The Morgan fingerprint density at radius 3 is 2.85 bits per heavy atom. The molecule has 2 amide bonds. The largest absolute Gasteiger partial charge is 0.331 e. The van der Waals surface area contributed by atoms with E-state index in [1.54, 1.807) is 4.90 Å². The highest BCUT2D eigenvalue weighted by Crippen LogP contribution is 2.19. The molecule has 1 unspecified atom stereocenters. The van der Waals surface area contributed by atoms with E-state index >= 15 is 0 Å². The number of piperidine rings is 1. The molecule has 1 atom stereocenters. The van der Waals surface area contributed by atoms with Gasteiger partial charge in [-0.15, -0.1) is 0 Å². The van der Waals surface area contributed by atoms with Crippen LogP contribution in [-0.4, -0.2) is 53.5 Å². The minimum absolute atomic E-state index is 0.0198. The fourth-order valence-electron chi connectivity index (χ4n) is 3.56. The van der Waals surface area contributed by atoms with Crippen LogP contribution in [-0.2, 0) is 23.4 Å². The van der Waals surface area contributed by atoms with E-state index < -0.39 is 9.84 Å². The maximum Gasteiger partial charge on any atom is 0.318 e. The summed E-state index contributed by atoms with van der Waals surface area (Å²) in [5, 5.41) is 2.91. The summed E-state index contributed by atoms with van der Waals surface area (Å²) in [6.45, 7) is 2.92. The van der Waals surface area contributed by atoms with E-state index in [-0.39, 0.29) is 17.8 Å². The first kappa shape index (κ1) is 18.7. The van der Waals surface area contributed by atoms with Crippen molar-refractivity contribution < 1.29 is 13.2 Å². The van der Waals surface area contributed by atoms with Crippen molar-refractivity contribution in [1.82, 2.24) is 19.8 Å². The van der Waals surface area contributed by atoms with Gasteiger partial charge in [-0.3, -0.25) is 0 Å². The van der Waals surface area contributed by atoms with Crippen LogP contribution in [0.5, 0.6) is 0 Å². The summed E-state index contributed by atoms with van der Waals surface area (Å²) in [6, 6.07) is 5.61. The van der Waals surface area contributed by atoms with Gasteiger partial charge in [0.2, 0.25) is 0 Å². The second kappa shape index (κ2) is 7.26. The number of benzene rings is 1. The fraction of sp³-hybridized carbons (Fsp3) is 0.556. The molecule has 2 heterocycles. The molecule has 0 saturated carbocycles. The van der Waals surface area contributed by atoms with Crippen LogP contribution in [0.2, 0.25) is 0 Å². The molecular formula is C18H26N4O3S. The van der Waals surface area contributed by atoms with Crippen LogP contribution in [0.1, 0.15) is 30.7 Å². The number of aryl methyl sites for hydroxylation is 2. The molecule has 0 spiro atoms. The highest BCUT2D eigenvalue weighted by atomic mass is 32.2. The van der Waals surface area contributed by atoms with Crippen molar-refractivity contribution in [3.8, 4) is 0 Å². The van der Waals surface area contributed by atoms with Gasteiger partial charge in [-0.2, -0.15) is 0 Å². The van der Waals surface area contributed by atoms with Crippen molar-refractivity contribution in [2.75, 3.05) is 18.6 Å². The standard InChI is InChI=1S/C18H26N4O3S/c1-13-7-8-16-15(10-13)20-17(21(16)2)11-19-18(23)22-9-5-4-6-14(22)12-26(3,24)25/h7-8,10,14H,4-6,9,11-12H2,1-3H3,(H,19,23). The SMILES string of the molecule is Cc1ccc2c(c1)nc(CNC(=O)N1CCCCC1CS(C)(=O)=O)n2C. The van der Waals surface area contributed by atoms with E-state index in [0.29, 0.717) is 13.1 Å². The molecule has 1 N–H and O–H groups in total. The first-order chi connectivity index (χ1) is 12.2. The van der Waals surface area contributed by atoms with Crippen LogP contribution >= 0.6 is 0 Å². The van der Waals surface area contributed by atoms with E-state index in [1.165, 1.54) is 6.26 Å². The molecule has 1 aliphatic rings. The molecule has 0 radical (unpaired) electrons. The molecule has 26 heavy (non-hydrogen) atoms. The molecule has 7 nitrogen and oxygen atoms in total. The van der Waals surface area contributed by atoms with Crippen LogP contribution in [0, 0.1) is 6.92 Å². The molecule has 0 bridgehead atoms. The Morgan fingerprint density at radius 1 is 1.35 bits per heavy atom. The van der Waals surface area contributed by atoms with E-state index in [2.05, 4.69) is 10.3 Å². The van der Waals surface area contributed by atoms with Crippen LogP contribution in [0.3, 0.4) is 0 Å². The summed E-state index contributed by atoms with van der Waals surface area (Å²) >= 11 is 0. The summed E-state index contributed by atoms with van der Waals surface area (Å²) in [4.78, 5) is 18.9. The van der Waals surface area contributed by atoms with Gasteiger partial charge < -0.3 is 14.8 Å². The third-order valence-electron chi connectivity index (χ3n) is 4.91. The van der Waals surface area contributed by atoms with E-state index in [1.807, 2.05) is 36.7 Å². The zero-order chi connectivity index (χ0) is 18.9. The number of fused-ring (bicyclic) bond motifs is 1. The number of carbonyl (C=O) groups is 1. The molecule has 3 rings (SSSR count). The van der Waals surface area contributed by atoms with Gasteiger partial charge in [-0.05, 0) is 43.9 Å². The summed E-state index contributed by atoms with van der Waals surface area (Å²) in [5.74, 6) is 0.794. The fourth-order valence-corrected chi connectivity index (χ4v) is 4.61. The average Bonchev–Trinajstić information content (AvgIpc) is 2.87. The highest BCUT2D eigenvalue weighted by molar-refractivity contribution is 7.90. The average molecular weight is 378 g/mol. The van der Waals surface area contributed by atoms with Crippen LogP contribution < -0.4 is 5.32 Å². The van der Waals surface area contributed by atoms with Crippen molar-refractivity contribution >= 4 is 26.9 Å². The van der Waals surface area contributed by atoms with Crippen LogP contribution in [0.25, 0.3) is 11.0 Å². The number of urea groups is 1. The second-order valence-corrected chi connectivity index (χ2v) is 9.36. The van der Waals surface area contributed by atoms with Crippen molar-refractivity contribution in [2.45, 2.75) is 38.8 Å². The third-order valence-corrected chi connectivity index (χ3v) is 5.90. The number of sulfone groups is 1. The third kappa shape index (κ3) is 4.17. The number of hydrogen-bond donors (Lipinski definition) is 1. The first-order valence-electron chi connectivity index (χ1n) is 8.89. The Bertz CT molecular complexity index is 920. The number of carbonyl (C=O) groups excluding carboxylic acids is 1. The molecule has 1 saturated heterocycles. The minimum atomic E-state index is -3.12. The molecule has 2 aromatic rings. The molecule has 1 aromatic heterocycles. The van der Waals surface area contributed by atoms with Gasteiger partial charge in [0.1, 0.15) is 15.7 Å². The monoisotopic (exact) mass is 378 g/mol. The summed E-state index contributed by atoms with van der Waals surface area (Å²) < 4.78 is 25.3. The molecule has 8 heteroatoms. The summed E-state index contributed by atoms with van der Waals surface area (Å²) in [7, 11) is -1.19. The lowest BCUT2D eigenvalue weighted by molar-refractivity contribution is 0.158. The highest BCUT2D eigenvalue weighted by Gasteiger charge is 2.29. The number of aromatic nitrogens is 2. The number of imidazole rings is 1. The molecule has 1 fully saturated rings. The Hall–Kier alpha value is -2.09. The summed E-state index contributed by atoms with van der Waals surface area (Å²) in [6.07, 6.45) is 3.80. The van der Waals surface area contributed by atoms with Gasteiger partial charge >= 0.3 is 6.03 Å². The van der Waals surface area contributed by atoms with Gasteiger partial charge in [0.25, 0.3) is 0 Å². The number of hydrogen-bond acceptors (Lipinski definition) is 4. The minimum Gasteiger partial charge on any atom is -0.331 e. The number of likely N-dealkylation sites (tertiary alicyclic amines) is 1. The van der Waals surface area contributed by atoms with E-state index in [0.717, 1.165) is 41.7 Å². The van der Waals surface area contributed by atoms with E-state index in [9.17, 15) is 13.2 Å². The normalized spacial score (nSPS) is 18.3. The molecule has 1 aromatic carbocycles. The maximum absolute atomic E-state index is 12.6. The van der Waals surface area contributed by atoms with Gasteiger partial charge in [0.15, 0.2) is 0 Å². The van der Waals surface area contributed by atoms with Crippen molar-refractivity contribution in [2.24, 2.45) is 7.05 Å². The van der Waals surface area contributed by atoms with Crippen molar-refractivity contribution in [3.63, 3.8) is 0 Å². The Morgan fingerprint density at radius 2 is 2.12 bits per heavy atom. The quantitative estimate of drug-likeness (QED) is 0.882. The summed E-state index contributed by atoms with van der Waals surface area (Å²) in [5.41, 5.74) is 3.07. The van der Waals surface area contributed by atoms with Gasteiger partial charge in [-0.1, -0.05) is 6.07 Å². The second-order valence-electron chi connectivity index (χ2n) is 7.17. The zero-order valence-electron chi connectivity index (χ0n) is 15.5. The number of amides is 2. The van der Waals surface area contributed by atoms with Gasteiger partial charge in [0, 0.05) is 25.9 Å². The zero-order valence-corrected chi connectivity index (χ0v) is 16.3. The van der Waals surface area contributed by atoms with E-state index in [4.69, 9.17) is 0 Å². The molecule has 142 valence electrons. The van der Waals surface area contributed by atoms with Gasteiger partial charge in [-0.25, -0.2) is 18.2 Å². The van der Waals surface area contributed by atoms with Crippen molar-refractivity contribution in [3.05, 3.63) is 29.6 Å². The topological polar surface area (TPSA) is 84.3 Å². The number of nitrogens with one attached hydrogen (secondary N) is 1. The predicted molar refractivity (Wildman–Crippen MR) is 102 cm³/mol. The number of rotatable bonds is 4. The molecule has 0 aliphatic carbocycles. The Kier molecular flexibility index (Phi) is 5.22. The Balaban J connectivity index is 1.70. The van der Waals surface area contributed by atoms with Crippen LogP contribution in [0.4, 0.5) is 4.79 Å². The maximum atomic E-state index is 12.6. The lowest BCUT2D eigenvalue weighted by Gasteiger charge is -2.35.